The number of piperidine rings is 1. The monoisotopic (exact) mass is 246 g/mol. The number of nitrogens with one attached hydrogen (secondary N) is 1. The van der Waals surface area contributed by atoms with E-state index in [1.54, 1.807) is 0 Å². The van der Waals surface area contributed by atoms with Crippen molar-refractivity contribution >= 4 is 17.5 Å². The first kappa shape index (κ1) is 13.8. The Morgan fingerprint density at radius 2 is 2.06 bits per heavy atom. The number of carbonyl (C=O) groups is 1. The molecule has 1 N–H and O–H groups in total. The number of amides is 1. The highest BCUT2D eigenvalue weighted by atomic mass is 35.5. The molecule has 3 nitrogen and oxygen atoms in total. The van der Waals surface area contributed by atoms with E-state index in [0.29, 0.717) is 18.3 Å². The Labute approximate surface area is 104 Å². The van der Waals surface area contributed by atoms with Crippen molar-refractivity contribution in [1.82, 2.24) is 10.2 Å². The normalized spacial score (nSPS) is 19.4. The third-order valence-corrected chi connectivity index (χ3v) is 3.41. The van der Waals surface area contributed by atoms with Gasteiger partial charge in [-0.15, -0.1) is 11.6 Å². The zero-order valence-electron chi connectivity index (χ0n) is 10.2. The number of hydrogen-bond acceptors (Lipinski definition) is 2. The summed E-state index contributed by atoms with van der Waals surface area (Å²) in [7, 11) is 0. The van der Waals surface area contributed by atoms with E-state index in [9.17, 15) is 4.79 Å². The number of hydrogen-bond donors (Lipinski definition) is 1. The maximum Gasteiger partial charge on any atom is 0.220 e. The number of alkyl halides is 1. The van der Waals surface area contributed by atoms with E-state index in [1.807, 2.05) is 0 Å². The van der Waals surface area contributed by atoms with Crippen LogP contribution in [0.3, 0.4) is 0 Å². The van der Waals surface area contributed by atoms with Gasteiger partial charge in [0, 0.05) is 24.9 Å². The summed E-state index contributed by atoms with van der Waals surface area (Å²) < 4.78 is 0. The van der Waals surface area contributed by atoms with Crippen molar-refractivity contribution in [3.05, 3.63) is 0 Å². The molecule has 16 heavy (non-hydrogen) atoms. The first-order valence-electron chi connectivity index (χ1n) is 6.30. The molecule has 1 atom stereocenters. The second-order valence-corrected chi connectivity index (χ2v) is 4.92. The van der Waals surface area contributed by atoms with Crippen molar-refractivity contribution < 1.29 is 4.79 Å². The standard InChI is InChI=1S/C12H23ClN2O/c1-11(15-8-3-2-4-9-15)10-14-12(16)6-5-7-13/h11H,2-10H2,1H3,(H,14,16). The number of carbonyl (C=O) groups excluding carboxylic acids is 1. The Hall–Kier alpha value is -0.280. The molecular weight excluding hydrogens is 224 g/mol. The van der Waals surface area contributed by atoms with Gasteiger partial charge in [-0.1, -0.05) is 6.42 Å². The van der Waals surface area contributed by atoms with Crippen molar-refractivity contribution in [2.45, 2.75) is 45.1 Å². The predicted octanol–water partition coefficient (Wildman–Crippen LogP) is 2.00. The minimum Gasteiger partial charge on any atom is -0.355 e. The molecule has 0 saturated carbocycles. The van der Waals surface area contributed by atoms with E-state index >= 15 is 0 Å². The van der Waals surface area contributed by atoms with Crippen LogP contribution in [0.2, 0.25) is 0 Å². The van der Waals surface area contributed by atoms with E-state index in [4.69, 9.17) is 11.6 Å². The Morgan fingerprint density at radius 1 is 1.38 bits per heavy atom. The summed E-state index contributed by atoms with van der Waals surface area (Å²) in [5.74, 6) is 0.694. The van der Waals surface area contributed by atoms with Crippen LogP contribution in [-0.4, -0.2) is 42.4 Å². The predicted molar refractivity (Wildman–Crippen MR) is 67.8 cm³/mol. The molecule has 4 heteroatoms. The molecule has 1 amide bonds. The quantitative estimate of drug-likeness (QED) is 0.727. The van der Waals surface area contributed by atoms with Crippen LogP contribution in [0.4, 0.5) is 0 Å². The van der Waals surface area contributed by atoms with E-state index < -0.39 is 0 Å². The van der Waals surface area contributed by atoms with Crippen molar-refractivity contribution in [2.24, 2.45) is 0 Å². The van der Waals surface area contributed by atoms with Crippen molar-refractivity contribution in [2.75, 3.05) is 25.5 Å². The van der Waals surface area contributed by atoms with Crippen LogP contribution in [0.25, 0.3) is 0 Å². The molecular formula is C12H23ClN2O. The van der Waals surface area contributed by atoms with Crippen molar-refractivity contribution in [3.8, 4) is 0 Å². The first-order valence-corrected chi connectivity index (χ1v) is 6.84. The fraction of sp³-hybridized carbons (Fsp3) is 0.917. The lowest BCUT2D eigenvalue weighted by Gasteiger charge is -2.32. The smallest absolute Gasteiger partial charge is 0.220 e. The van der Waals surface area contributed by atoms with Crippen LogP contribution in [-0.2, 0) is 4.79 Å². The second kappa shape index (κ2) is 7.91. The molecule has 94 valence electrons. The largest absolute Gasteiger partial charge is 0.355 e. The summed E-state index contributed by atoms with van der Waals surface area (Å²) in [4.78, 5) is 13.9. The van der Waals surface area contributed by atoms with E-state index in [0.717, 1.165) is 13.0 Å². The number of rotatable bonds is 6. The van der Waals surface area contributed by atoms with Crippen LogP contribution in [0.5, 0.6) is 0 Å². The lowest BCUT2D eigenvalue weighted by molar-refractivity contribution is -0.121. The minimum atomic E-state index is 0.129. The molecule has 0 bridgehead atoms. The Bertz CT molecular complexity index is 205. The number of likely N-dealkylation sites (tertiary alicyclic amines) is 1. The molecule has 1 aliphatic rings. The van der Waals surface area contributed by atoms with E-state index in [-0.39, 0.29) is 5.91 Å². The Balaban J connectivity index is 2.13. The van der Waals surface area contributed by atoms with Crippen molar-refractivity contribution in [1.29, 1.82) is 0 Å². The van der Waals surface area contributed by atoms with Crippen LogP contribution < -0.4 is 5.32 Å². The van der Waals surface area contributed by atoms with Gasteiger partial charge in [0.25, 0.3) is 0 Å². The van der Waals surface area contributed by atoms with Gasteiger partial charge in [0.2, 0.25) is 5.91 Å². The maximum absolute atomic E-state index is 11.4. The minimum absolute atomic E-state index is 0.129. The van der Waals surface area contributed by atoms with Gasteiger partial charge in [0.1, 0.15) is 0 Å². The molecule has 0 aliphatic carbocycles. The highest BCUT2D eigenvalue weighted by Crippen LogP contribution is 2.11. The van der Waals surface area contributed by atoms with Gasteiger partial charge in [-0.05, 0) is 39.3 Å². The summed E-state index contributed by atoms with van der Waals surface area (Å²) in [6, 6.07) is 0.459. The SMILES string of the molecule is CC(CNC(=O)CCCCl)N1CCCCC1. The molecule has 1 rings (SSSR count). The van der Waals surface area contributed by atoms with Gasteiger partial charge in [0.05, 0.1) is 0 Å². The highest BCUT2D eigenvalue weighted by Gasteiger charge is 2.16. The highest BCUT2D eigenvalue weighted by molar-refractivity contribution is 6.17. The van der Waals surface area contributed by atoms with Gasteiger partial charge in [-0.2, -0.15) is 0 Å². The summed E-state index contributed by atoms with van der Waals surface area (Å²) in [5.41, 5.74) is 0. The maximum atomic E-state index is 11.4. The average molecular weight is 247 g/mol. The molecule has 1 heterocycles. The second-order valence-electron chi connectivity index (χ2n) is 4.54. The van der Waals surface area contributed by atoms with Gasteiger partial charge in [-0.3, -0.25) is 9.69 Å². The fourth-order valence-electron chi connectivity index (χ4n) is 2.07. The molecule has 0 radical (unpaired) electrons. The molecule has 1 aliphatic heterocycles. The Kier molecular flexibility index (Phi) is 6.81. The summed E-state index contributed by atoms with van der Waals surface area (Å²) in [5, 5.41) is 2.98. The van der Waals surface area contributed by atoms with Gasteiger partial charge < -0.3 is 5.32 Å². The van der Waals surface area contributed by atoms with Crippen LogP contribution in [0, 0.1) is 0 Å². The summed E-state index contributed by atoms with van der Waals surface area (Å²) in [6.07, 6.45) is 5.27. The molecule has 0 aromatic rings. The zero-order valence-corrected chi connectivity index (χ0v) is 10.9. The van der Waals surface area contributed by atoms with Gasteiger partial charge >= 0.3 is 0 Å². The number of nitrogens with zero attached hydrogens (tertiary/aromatic N) is 1. The molecule has 0 aromatic heterocycles. The topological polar surface area (TPSA) is 32.3 Å². The Morgan fingerprint density at radius 3 is 2.69 bits per heavy atom. The lowest BCUT2D eigenvalue weighted by atomic mass is 10.1. The van der Waals surface area contributed by atoms with Gasteiger partial charge in [0.15, 0.2) is 0 Å². The van der Waals surface area contributed by atoms with Crippen molar-refractivity contribution in [3.63, 3.8) is 0 Å². The van der Waals surface area contributed by atoms with Gasteiger partial charge in [-0.25, -0.2) is 0 Å². The van der Waals surface area contributed by atoms with Crippen LogP contribution >= 0.6 is 11.6 Å². The molecule has 1 fully saturated rings. The third-order valence-electron chi connectivity index (χ3n) is 3.15. The molecule has 1 saturated heterocycles. The first-order chi connectivity index (χ1) is 7.74. The average Bonchev–Trinajstić information content (AvgIpc) is 2.34. The summed E-state index contributed by atoms with van der Waals surface area (Å²) in [6.45, 7) is 5.31. The number of halogens is 1. The van der Waals surface area contributed by atoms with E-state index in [2.05, 4.69) is 17.1 Å². The summed E-state index contributed by atoms with van der Waals surface area (Å²) >= 11 is 5.54. The van der Waals surface area contributed by atoms with E-state index in [1.165, 1.54) is 32.4 Å². The van der Waals surface area contributed by atoms with Crippen LogP contribution in [0.1, 0.15) is 39.0 Å². The molecule has 0 spiro atoms. The third kappa shape index (κ3) is 5.17. The molecule has 0 aromatic carbocycles. The molecule has 1 unspecified atom stereocenters. The fourth-order valence-corrected chi connectivity index (χ4v) is 2.20. The lowest BCUT2D eigenvalue weighted by Crippen LogP contribution is -2.44. The van der Waals surface area contributed by atoms with Crippen LogP contribution in [0.15, 0.2) is 0 Å². The zero-order chi connectivity index (χ0) is 11.8.